The van der Waals surface area contributed by atoms with Gasteiger partial charge in [0.05, 0.1) is 24.8 Å². The fourth-order valence-corrected chi connectivity index (χ4v) is 3.67. The zero-order chi connectivity index (χ0) is 13.7. The topological polar surface area (TPSA) is 38.7 Å². The second kappa shape index (κ2) is 7.55. The summed E-state index contributed by atoms with van der Waals surface area (Å²) in [6.07, 6.45) is 1.95. The van der Waals surface area contributed by atoms with Crippen LogP contribution in [0.1, 0.15) is 6.42 Å². The summed E-state index contributed by atoms with van der Waals surface area (Å²) in [4.78, 5) is 2.45. The Hall–Kier alpha value is -0.200. The van der Waals surface area contributed by atoms with E-state index >= 15 is 0 Å². The summed E-state index contributed by atoms with van der Waals surface area (Å²) in [6, 6.07) is 8.23. The van der Waals surface area contributed by atoms with Crippen molar-refractivity contribution in [3.05, 3.63) is 31.2 Å². The SMILES string of the molecule is [CH][C@H]1C[C@@H](OCSc2ccccc2SC)[C@@H](CO)O1. The average Bonchev–Trinajstić information content (AvgIpc) is 2.79. The van der Waals surface area contributed by atoms with E-state index in [1.165, 1.54) is 9.79 Å². The van der Waals surface area contributed by atoms with E-state index < -0.39 is 0 Å². The minimum absolute atomic E-state index is 0.0512. The van der Waals surface area contributed by atoms with Crippen LogP contribution < -0.4 is 0 Å². The molecule has 1 heterocycles. The van der Waals surface area contributed by atoms with E-state index in [1.54, 1.807) is 23.5 Å². The summed E-state index contributed by atoms with van der Waals surface area (Å²) in [5, 5.41) is 9.18. The predicted molar refractivity (Wildman–Crippen MR) is 78.5 cm³/mol. The lowest BCUT2D eigenvalue weighted by Crippen LogP contribution is -2.27. The van der Waals surface area contributed by atoms with E-state index in [1.807, 2.05) is 12.1 Å². The second-order valence-electron chi connectivity index (χ2n) is 4.25. The zero-order valence-electron chi connectivity index (χ0n) is 10.8. The van der Waals surface area contributed by atoms with E-state index in [0.29, 0.717) is 12.4 Å². The van der Waals surface area contributed by atoms with Crippen molar-refractivity contribution >= 4 is 23.5 Å². The van der Waals surface area contributed by atoms with Crippen LogP contribution in [-0.2, 0) is 9.47 Å². The van der Waals surface area contributed by atoms with E-state index in [0.717, 1.165) is 0 Å². The summed E-state index contributed by atoms with van der Waals surface area (Å²) < 4.78 is 11.1. The zero-order valence-corrected chi connectivity index (χ0v) is 12.5. The number of thioether (sulfide) groups is 2. The van der Waals surface area contributed by atoms with Gasteiger partial charge in [0.1, 0.15) is 6.10 Å². The number of benzene rings is 1. The van der Waals surface area contributed by atoms with Gasteiger partial charge in [-0.25, -0.2) is 0 Å². The summed E-state index contributed by atoms with van der Waals surface area (Å²) >= 11 is 3.37. The second-order valence-corrected chi connectivity index (χ2v) is 6.06. The Morgan fingerprint density at radius 2 is 2.16 bits per heavy atom. The molecular formula is C14H18O3S2. The minimum Gasteiger partial charge on any atom is -0.394 e. The van der Waals surface area contributed by atoms with Crippen LogP contribution in [0.25, 0.3) is 0 Å². The van der Waals surface area contributed by atoms with E-state index in [2.05, 4.69) is 18.4 Å². The molecule has 1 N–H and O–H groups in total. The number of hydrogen-bond donors (Lipinski definition) is 1. The Kier molecular flexibility index (Phi) is 6.04. The third-order valence-corrected chi connectivity index (χ3v) is 4.82. The smallest absolute Gasteiger partial charge is 0.107 e. The van der Waals surface area contributed by atoms with Crippen LogP contribution in [0.3, 0.4) is 0 Å². The standard InChI is InChI=1S/C14H18O3S2/c1-10-7-11(12(8-15)17-10)16-9-19-14-6-4-3-5-13(14)18-2/h1,3-6,10-12,15H,7-9H2,2H3/t10-,11+,12+/m0/s1. The first kappa shape index (κ1) is 15.2. The van der Waals surface area contributed by atoms with Gasteiger partial charge in [-0.15, -0.1) is 11.8 Å². The van der Waals surface area contributed by atoms with Gasteiger partial charge in [0.25, 0.3) is 0 Å². The molecule has 3 nitrogen and oxygen atoms in total. The Morgan fingerprint density at radius 3 is 2.84 bits per heavy atom. The first-order chi connectivity index (χ1) is 9.24. The summed E-state index contributed by atoms with van der Waals surface area (Å²) in [7, 11) is 0. The molecule has 1 fully saturated rings. The van der Waals surface area contributed by atoms with Gasteiger partial charge in [-0.2, -0.15) is 0 Å². The average molecular weight is 298 g/mol. The predicted octanol–water partition coefficient (Wildman–Crippen LogP) is 2.70. The molecule has 19 heavy (non-hydrogen) atoms. The molecule has 1 aliphatic rings. The molecule has 0 amide bonds. The molecule has 3 atom stereocenters. The molecule has 0 aliphatic carbocycles. The summed E-state index contributed by atoms with van der Waals surface area (Å²) in [5.74, 6) is 0.537. The van der Waals surface area contributed by atoms with E-state index in [9.17, 15) is 5.11 Å². The molecule has 5 heteroatoms. The molecule has 1 aliphatic heterocycles. The van der Waals surface area contributed by atoms with Gasteiger partial charge in [-0.1, -0.05) is 23.9 Å². The van der Waals surface area contributed by atoms with Gasteiger partial charge < -0.3 is 14.6 Å². The first-order valence-corrected chi connectivity index (χ1v) is 8.35. The van der Waals surface area contributed by atoms with Crippen molar-refractivity contribution in [3.8, 4) is 0 Å². The van der Waals surface area contributed by atoms with Crippen molar-refractivity contribution in [2.45, 2.75) is 34.5 Å². The molecule has 2 radical (unpaired) electrons. The number of ether oxygens (including phenoxy) is 2. The van der Waals surface area contributed by atoms with Crippen LogP contribution in [0, 0.1) is 6.92 Å². The molecule has 2 rings (SSSR count). The molecule has 0 bridgehead atoms. The normalized spacial score (nSPS) is 26.8. The minimum atomic E-state index is -0.328. The quantitative estimate of drug-likeness (QED) is 0.646. The lowest BCUT2D eigenvalue weighted by molar-refractivity contribution is -0.0293. The molecule has 1 aromatic carbocycles. The molecule has 0 aromatic heterocycles. The molecule has 1 aromatic rings. The lowest BCUT2D eigenvalue weighted by atomic mass is 10.1. The highest BCUT2D eigenvalue weighted by Gasteiger charge is 2.33. The van der Waals surface area contributed by atoms with Crippen LogP contribution in [0.4, 0.5) is 0 Å². The Bertz CT molecular complexity index is 400. The number of rotatable bonds is 6. The van der Waals surface area contributed by atoms with Crippen molar-refractivity contribution in [2.24, 2.45) is 0 Å². The maximum absolute atomic E-state index is 9.18. The third kappa shape index (κ3) is 4.13. The summed E-state index contributed by atoms with van der Waals surface area (Å²) in [6.45, 7) is 5.64. The molecular weight excluding hydrogens is 280 g/mol. The van der Waals surface area contributed by atoms with Gasteiger partial charge in [0.2, 0.25) is 0 Å². The Morgan fingerprint density at radius 1 is 1.42 bits per heavy atom. The van der Waals surface area contributed by atoms with Gasteiger partial charge >= 0.3 is 0 Å². The number of aliphatic hydroxyl groups excluding tert-OH is 1. The molecule has 1 saturated heterocycles. The first-order valence-electron chi connectivity index (χ1n) is 6.14. The van der Waals surface area contributed by atoms with Crippen molar-refractivity contribution in [3.63, 3.8) is 0 Å². The maximum atomic E-state index is 9.18. The fraction of sp³-hybridized carbons (Fsp3) is 0.500. The van der Waals surface area contributed by atoms with Crippen molar-refractivity contribution in [1.82, 2.24) is 0 Å². The van der Waals surface area contributed by atoms with Gasteiger partial charge in [0, 0.05) is 16.2 Å². The molecule has 104 valence electrons. The third-order valence-electron chi connectivity index (χ3n) is 2.97. The van der Waals surface area contributed by atoms with Crippen molar-refractivity contribution < 1.29 is 14.6 Å². The van der Waals surface area contributed by atoms with E-state index in [4.69, 9.17) is 16.4 Å². The van der Waals surface area contributed by atoms with Gasteiger partial charge in [-0.3, -0.25) is 0 Å². The van der Waals surface area contributed by atoms with Gasteiger partial charge in [-0.05, 0) is 25.3 Å². The van der Waals surface area contributed by atoms with Crippen LogP contribution in [-0.4, -0.2) is 42.2 Å². The summed E-state index contributed by atoms with van der Waals surface area (Å²) in [5.41, 5.74) is 0. The molecule has 0 saturated carbocycles. The number of aliphatic hydroxyl groups is 1. The highest BCUT2D eigenvalue weighted by molar-refractivity contribution is 8.01. The van der Waals surface area contributed by atoms with Crippen LogP contribution in [0.2, 0.25) is 0 Å². The van der Waals surface area contributed by atoms with Crippen molar-refractivity contribution in [1.29, 1.82) is 0 Å². The van der Waals surface area contributed by atoms with Crippen LogP contribution in [0.15, 0.2) is 34.1 Å². The lowest BCUT2D eigenvalue weighted by Gasteiger charge is -2.17. The maximum Gasteiger partial charge on any atom is 0.107 e. The Balaban J connectivity index is 1.83. The Labute approximate surface area is 123 Å². The molecule has 0 unspecified atom stereocenters. The molecule has 0 spiro atoms. The van der Waals surface area contributed by atoms with Crippen molar-refractivity contribution in [2.75, 3.05) is 18.8 Å². The number of hydrogen-bond acceptors (Lipinski definition) is 5. The van der Waals surface area contributed by atoms with Crippen LogP contribution >= 0.6 is 23.5 Å². The van der Waals surface area contributed by atoms with E-state index in [-0.39, 0.29) is 24.9 Å². The highest BCUT2D eigenvalue weighted by atomic mass is 32.2. The highest BCUT2D eigenvalue weighted by Crippen LogP contribution is 2.30. The van der Waals surface area contributed by atoms with Crippen LogP contribution in [0.5, 0.6) is 0 Å². The fourth-order valence-electron chi connectivity index (χ4n) is 2.01. The van der Waals surface area contributed by atoms with Gasteiger partial charge in [0.15, 0.2) is 0 Å². The monoisotopic (exact) mass is 298 g/mol. The largest absolute Gasteiger partial charge is 0.394 e.